The lowest BCUT2D eigenvalue weighted by atomic mass is 9.88. The van der Waals surface area contributed by atoms with Gasteiger partial charge in [0.15, 0.2) is 0 Å². The van der Waals surface area contributed by atoms with Gasteiger partial charge in [-0.2, -0.15) is 0 Å². The van der Waals surface area contributed by atoms with Crippen LogP contribution >= 0.6 is 0 Å². The third-order valence-corrected chi connectivity index (χ3v) is 6.12. The third kappa shape index (κ3) is 3.87. The van der Waals surface area contributed by atoms with Gasteiger partial charge >= 0.3 is 5.97 Å². The maximum atomic E-state index is 12.2. The molecule has 0 fully saturated rings. The SMILES string of the molecule is COC(=O)[C@](N)(Cc1ccc(-c2c(OC)cc(CO)cc2OC)cc1)[C@@H]1C=[Si]1. The van der Waals surface area contributed by atoms with Crippen LogP contribution in [0.3, 0.4) is 0 Å². The number of carbonyl (C=O) groups excluding carboxylic acids is 1. The molecule has 0 unspecified atom stereocenters. The first-order valence-corrected chi connectivity index (χ1v) is 10.0. The van der Waals surface area contributed by atoms with Crippen LogP contribution in [0.25, 0.3) is 11.1 Å². The predicted octanol–water partition coefficient (Wildman–Crippen LogP) is 1.58. The number of aliphatic hydroxyl groups excluding tert-OH is 1. The highest BCUT2D eigenvalue weighted by Gasteiger charge is 2.45. The number of aliphatic hydroxyl groups is 1. The van der Waals surface area contributed by atoms with Crippen LogP contribution in [0.4, 0.5) is 0 Å². The zero-order valence-corrected chi connectivity index (χ0v) is 17.2. The predicted molar refractivity (Wildman–Crippen MR) is 109 cm³/mol. The van der Waals surface area contributed by atoms with Crippen molar-refractivity contribution in [3.63, 3.8) is 0 Å². The van der Waals surface area contributed by atoms with Crippen LogP contribution in [0.5, 0.6) is 11.5 Å². The first-order valence-electron chi connectivity index (χ1n) is 8.88. The number of rotatable bonds is 8. The fourth-order valence-corrected chi connectivity index (χ4v) is 4.22. The van der Waals surface area contributed by atoms with Gasteiger partial charge in [-0.15, -0.1) is 0 Å². The van der Waals surface area contributed by atoms with Crippen molar-refractivity contribution in [2.45, 2.75) is 24.1 Å². The quantitative estimate of drug-likeness (QED) is 0.518. The minimum atomic E-state index is -1.02. The number of benzene rings is 2. The molecule has 0 saturated carbocycles. The highest BCUT2D eigenvalue weighted by atomic mass is 28.2. The molecule has 6 nitrogen and oxygen atoms in total. The molecule has 1 aliphatic rings. The first-order chi connectivity index (χ1) is 13.5. The van der Waals surface area contributed by atoms with E-state index in [0.29, 0.717) is 32.6 Å². The Morgan fingerprint density at radius 1 is 1.11 bits per heavy atom. The molecule has 147 valence electrons. The zero-order chi connectivity index (χ0) is 20.3. The topological polar surface area (TPSA) is 91.0 Å². The molecule has 0 bridgehead atoms. The van der Waals surface area contributed by atoms with Crippen molar-refractivity contribution >= 4 is 20.8 Å². The van der Waals surface area contributed by atoms with Gasteiger partial charge in [-0.25, -0.2) is 0 Å². The van der Waals surface area contributed by atoms with E-state index in [1.807, 2.05) is 24.3 Å². The van der Waals surface area contributed by atoms with Gasteiger partial charge in [-0.3, -0.25) is 4.79 Å². The molecule has 0 spiro atoms. The second kappa shape index (κ2) is 8.26. The lowest BCUT2D eigenvalue weighted by molar-refractivity contribution is -0.146. The van der Waals surface area contributed by atoms with E-state index in [0.717, 1.165) is 16.7 Å². The number of carbonyl (C=O) groups is 1. The van der Waals surface area contributed by atoms with Crippen LogP contribution in [-0.2, 0) is 22.6 Å². The summed E-state index contributed by atoms with van der Waals surface area (Å²) in [5.74, 6) is 0.853. The summed E-state index contributed by atoms with van der Waals surface area (Å²) in [6.45, 7) is -0.100. The molecule has 28 heavy (non-hydrogen) atoms. The van der Waals surface area contributed by atoms with E-state index >= 15 is 0 Å². The van der Waals surface area contributed by atoms with Crippen molar-refractivity contribution in [2.24, 2.45) is 5.73 Å². The summed E-state index contributed by atoms with van der Waals surface area (Å²) in [6.07, 6.45) is 0.409. The van der Waals surface area contributed by atoms with Gasteiger partial charge in [0.1, 0.15) is 17.0 Å². The number of nitrogens with two attached hydrogens (primary N) is 1. The van der Waals surface area contributed by atoms with Crippen molar-refractivity contribution in [1.82, 2.24) is 0 Å². The fourth-order valence-electron chi connectivity index (χ4n) is 3.31. The maximum Gasteiger partial charge on any atom is 0.326 e. The lowest BCUT2D eigenvalue weighted by Gasteiger charge is -2.27. The summed E-state index contributed by atoms with van der Waals surface area (Å²) in [5.41, 5.74) is 10.9. The zero-order valence-electron chi connectivity index (χ0n) is 16.2. The maximum absolute atomic E-state index is 12.2. The Hall–Kier alpha value is -2.48. The summed E-state index contributed by atoms with van der Waals surface area (Å²) in [4.78, 5) is 12.2. The Balaban J connectivity index is 1.92. The van der Waals surface area contributed by atoms with Crippen LogP contribution in [0, 0.1) is 0 Å². The molecule has 2 aromatic carbocycles. The molecule has 1 radical (unpaired) electrons. The largest absolute Gasteiger partial charge is 0.496 e. The van der Waals surface area contributed by atoms with Gasteiger partial charge < -0.3 is 25.1 Å². The van der Waals surface area contributed by atoms with E-state index in [4.69, 9.17) is 19.9 Å². The number of methoxy groups -OCH3 is 3. The number of hydrogen-bond donors (Lipinski definition) is 2. The van der Waals surface area contributed by atoms with Crippen LogP contribution < -0.4 is 15.2 Å². The van der Waals surface area contributed by atoms with E-state index < -0.39 is 5.54 Å². The van der Waals surface area contributed by atoms with Gasteiger partial charge in [0.05, 0.1) is 33.5 Å². The number of esters is 1. The Kier molecular flexibility index (Phi) is 5.98. The second-order valence-electron chi connectivity index (χ2n) is 6.75. The normalized spacial score (nSPS) is 17.0. The van der Waals surface area contributed by atoms with Crippen molar-refractivity contribution in [3.05, 3.63) is 47.5 Å². The summed E-state index contributed by atoms with van der Waals surface area (Å²) >= 11 is 0. The fraction of sp³-hybridized carbons (Fsp3) is 0.333. The van der Waals surface area contributed by atoms with Crippen molar-refractivity contribution in [1.29, 1.82) is 0 Å². The minimum Gasteiger partial charge on any atom is -0.496 e. The molecule has 7 heteroatoms. The lowest BCUT2D eigenvalue weighted by Crippen LogP contribution is -2.52. The molecule has 0 amide bonds. The molecule has 3 N–H and O–H groups in total. The molecule has 0 saturated heterocycles. The second-order valence-corrected chi connectivity index (χ2v) is 8.04. The number of ether oxygens (including phenoxy) is 3. The number of hydrogen-bond acceptors (Lipinski definition) is 6. The molecular weight excluding hydrogens is 374 g/mol. The molecule has 0 aromatic heterocycles. The summed E-state index contributed by atoms with van der Waals surface area (Å²) in [6, 6.07) is 11.4. The Morgan fingerprint density at radius 2 is 1.68 bits per heavy atom. The van der Waals surface area contributed by atoms with E-state index in [1.165, 1.54) is 7.11 Å². The Bertz CT molecular complexity index is 865. The van der Waals surface area contributed by atoms with Crippen LogP contribution in [0.2, 0.25) is 5.54 Å². The molecule has 0 aliphatic carbocycles. The van der Waals surface area contributed by atoms with E-state index in [1.54, 1.807) is 26.4 Å². The summed E-state index contributed by atoms with van der Waals surface area (Å²) < 4.78 is 15.9. The van der Waals surface area contributed by atoms with Crippen molar-refractivity contribution < 1.29 is 24.1 Å². The molecule has 1 aliphatic heterocycles. The van der Waals surface area contributed by atoms with Gasteiger partial charge in [0, 0.05) is 21.1 Å². The average molecular weight is 399 g/mol. The van der Waals surface area contributed by atoms with Crippen molar-refractivity contribution in [2.75, 3.05) is 21.3 Å². The van der Waals surface area contributed by atoms with Gasteiger partial charge in [-0.1, -0.05) is 29.9 Å². The third-order valence-electron chi connectivity index (χ3n) is 4.94. The van der Waals surface area contributed by atoms with Gasteiger partial charge in [0.25, 0.3) is 0 Å². The van der Waals surface area contributed by atoms with E-state index in [-0.39, 0.29) is 18.1 Å². The summed E-state index contributed by atoms with van der Waals surface area (Å²) in [7, 11) is 5.12. The first kappa shape index (κ1) is 20.3. The molecule has 3 rings (SSSR count). The standard InChI is InChI=1S/C21H24NO5Si/c1-25-16-8-14(11-23)9-17(26-2)19(16)15-6-4-13(5-7-15)10-21(22,18-12-28-18)20(24)27-3/h4-9,12,18,23H,10-11,22H2,1-3H3/t18-,21-/m0/s1. The average Bonchev–Trinajstić information content (AvgIpc) is 3.58. The molecule has 2 atom stereocenters. The Morgan fingerprint density at radius 3 is 2.11 bits per heavy atom. The summed E-state index contributed by atoms with van der Waals surface area (Å²) in [5, 5.41) is 9.44. The molecular formula is C21H24NO5Si. The van der Waals surface area contributed by atoms with Gasteiger partial charge in [-0.05, 0) is 28.8 Å². The van der Waals surface area contributed by atoms with E-state index in [9.17, 15) is 9.90 Å². The van der Waals surface area contributed by atoms with Gasteiger partial charge in [0.2, 0.25) is 0 Å². The molecule has 1 heterocycles. The highest BCUT2D eigenvalue weighted by molar-refractivity contribution is 6.70. The van der Waals surface area contributed by atoms with Crippen LogP contribution in [0.15, 0.2) is 36.4 Å². The smallest absolute Gasteiger partial charge is 0.326 e. The monoisotopic (exact) mass is 398 g/mol. The van der Waals surface area contributed by atoms with E-state index in [2.05, 4.69) is 5.67 Å². The molecule has 2 aromatic rings. The van der Waals surface area contributed by atoms with Crippen LogP contribution in [-0.4, -0.2) is 52.7 Å². The Labute approximate surface area is 166 Å². The van der Waals surface area contributed by atoms with Crippen molar-refractivity contribution in [3.8, 4) is 22.6 Å². The highest BCUT2D eigenvalue weighted by Crippen LogP contribution is 2.40. The minimum absolute atomic E-state index is 0.0749. The van der Waals surface area contributed by atoms with Crippen LogP contribution in [0.1, 0.15) is 11.1 Å².